The molecule has 0 aliphatic carbocycles. The number of benzene rings is 3. The van der Waals surface area contributed by atoms with Gasteiger partial charge in [-0.15, -0.1) is 11.8 Å². The molecule has 31 heavy (non-hydrogen) atoms. The van der Waals surface area contributed by atoms with Crippen LogP contribution in [-0.2, 0) is 9.53 Å². The molecule has 0 fully saturated rings. The number of carbonyl (C=O) groups excluding carboxylic acids is 3. The minimum Gasteiger partial charge on any atom is -0.465 e. The van der Waals surface area contributed by atoms with Crippen molar-refractivity contribution in [3.63, 3.8) is 0 Å². The summed E-state index contributed by atoms with van der Waals surface area (Å²) in [5.74, 6) is -0.739. The lowest BCUT2D eigenvalue weighted by atomic mass is 10.1. The van der Waals surface area contributed by atoms with Crippen LogP contribution in [-0.4, -0.2) is 30.6 Å². The van der Waals surface area contributed by atoms with E-state index in [0.717, 1.165) is 10.5 Å². The standard InChI is InChI=1S/C24H22N2O4S/c1-16-7-3-4-8-19(16)23(28)25-17-11-13-18(14-12-17)31-15-22(27)26-21-10-6-5-9-20(21)24(29)30-2/h3-14H,15H2,1-2H3,(H,25,28)(H,26,27). The summed E-state index contributed by atoms with van der Waals surface area (Å²) in [4.78, 5) is 37.4. The molecule has 0 aromatic heterocycles. The highest BCUT2D eigenvalue weighted by atomic mass is 32.2. The molecule has 0 saturated heterocycles. The van der Waals surface area contributed by atoms with Crippen molar-refractivity contribution >= 4 is 40.9 Å². The van der Waals surface area contributed by atoms with E-state index in [-0.39, 0.29) is 17.6 Å². The van der Waals surface area contributed by atoms with Gasteiger partial charge in [-0.3, -0.25) is 9.59 Å². The molecule has 0 heterocycles. The van der Waals surface area contributed by atoms with Crippen molar-refractivity contribution in [3.05, 3.63) is 89.5 Å². The summed E-state index contributed by atoms with van der Waals surface area (Å²) < 4.78 is 4.74. The molecular formula is C24H22N2O4S. The number of hydrogen-bond acceptors (Lipinski definition) is 5. The normalized spacial score (nSPS) is 10.3. The summed E-state index contributed by atoms with van der Waals surface area (Å²) in [6, 6.07) is 21.4. The second-order valence-corrected chi connectivity index (χ2v) is 7.72. The van der Waals surface area contributed by atoms with Crippen molar-refractivity contribution < 1.29 is 19.1 Å². The molecule has 6 nitrogen and oxygen atoms in total. The first-order chi connectivity index (χ1) is 15.0. The number of rotatable bonds is 7. The number of methoxy groups -OCH3 is 1. The first-order valence-electron chi connectivity index (χ1n) is 9.55. The van der Waals surface area contributed by atoms with Crippen molar-refractivity contribution in [3.8, 4) is 0 Å². The highest BCUT2D eigenvalue weighted by Gasteiger charge is 2.13. The van der Waals surface area contributed by atoms with Gasteiger partial charge in [0.2, 0.25) is 5.91 Å². The zero-order valence-corrected chi connectivity index (χ0v) is 18.0. The average Bonchev–Trinajstić information content (AvgIpc) is 2.78. The van der Waals surface area contributed by atoms with Gasteiger partial charge >= 0.3 is 5.97 Å². The molecule has 0 aliphatic heterocycles. The Kier molecular flexibility index (Phi) is 7.45. The van der Waals surface area contributed by atoms with Crippen molar-refractivity contribution in [2.24, 2.45) is 0 Å². The van der Waals surface area contributed by atoms with Gasteiger partial charge < -0.3 is 15.4 Å². The molecule has 0 atom stereocenters. The molecular weight excluding hydrogens is 412 g/mol. The van der Waals surface area contributed by atoms with Crippen molar-refractivity contribution in [2.75, 3.05) is 23.5 Å². The lowest BCUT2D eigenvalue weighted by molar-refractivity contribution is -0.113. The summed E-state index contributed by atoms with van der Waals surface area (Å²) in [5.41, 5.74) is 2.93. The SMILES string of the molecule is COC(=O)c1ccccc1NC(=O)CSc1ccc(NC(=O)c2ccccc2C)cc1. The molecule has 0 unspecified atom stereocenters. The highest BCUT2D eigenvalue weighted by molar-refractivity contribution is 8.00. The maximum atomic E-state index is 12.4. The Labute approximate surface area is 185 Å². The number of aryl methyl sites for hydroxylation is 1. The quantitative estimate of drug-likeness (QED) is 0.414. The van der Waals surface area contributed by atoms with E-state index in [2.05, 4.69) is 10.6 Å². The fourth-order valence-electron chi connectivity index (χ4n) is 2.88. The number of nitrogens with one attached hydrogen (secondary N) is 2. The summed E-state index contributed by atoms with van der Waals surface area (Å²) in [5, 5.41) is 5.61. The number of carbonyl (C=O) groups is 3. The van der Waals surface area contributed by atoms with Crippen LogP contribution in [0.1, 0.15) is 26.3 Å². The fourth-order valence-corrected chi connectivity index (χ4v) is 3.57. The number of anilines is 2. The van der Waals surface area contributed by atoms with Crippen LogP contribution in [0.25, 0.3) is 0 Å². The van der Waals surface area contributed by atoms with Crippen LogP contribution in [0.15, 0.2) is 77.7 Å². The molecule has 0 bridgehead atoms. The Balaban J connectivity index is 1.55. The maximum Gasteiger partial charge on any atom is 0.339 e. The smallest absolute Gasteiger partial charge is 0.339 e. The third kappa shape index (κ3) is 5.96. The van der Waals surface area contributed by atoms with Gasteiger partial charge in [0.05, 0.1) is 24.1 Å². The van der Waals surface area contributed by atoms with Crippen LogP contribution >= 0.6 is 11.8 Å². The number of ether oxygens (including phenoxy) is 1. The van der Waals surface area contributed by atoms with Crippen LogP contribution < -0.4 is 10.6 Å². The maximum absolute atomic E-state index is 12.4. The Morgan fingerprint density at radius 1 is 0.839 bits per heavy atom. The lowest BCUT2D eigenvalue weighted by Crippen LogP contribution is -2.17. The van der Waals surface area contributed by atoms with Crippen molar-refractivity contribution in [2.45, 2.75) is 11.8 Å². The van der Waals surface area contributed by atoms with E-state index in [4.69, 9.17) is 4.74 Å². The van der Waals surface area contributed by atoms with Gasteiger partial charge in [0.25, 0.3) is 5.91 Å². The molecule has 3 aromatic carbocycles. The number of thioether (sulfide) groups is 1. The van der Waals surface area contributed by atoms with Gasteiger partial charge in [0.15, 0.2) is 0 Å². The molecule has 2 amide bonds. The van der Waals surface area contributed by atoms with E-state index in [1.165, 1.54) is 18.9 Å². The van der Waals surface area contributed by atoms with E-state index < -0.39 is 5.97 Å². The van der Waals surface area contributed by atoms with E-state index in [0.29, 0.717) is 22.5 Å². The summed E-state index contributed by atoms with van der Waals surface area (Å²) in [6.45, 7) is 1.89. The van der Waals surface area contributed by atoms with Crippen LogP contribution in [0.2, 0.25) is 0 Å². The molecule has 0 spiro atoms. The minimum absolute atomic E-state index is 0.165. The molecule has 0 aliphatic rings. The average molecular weight is 435 g/mol. The summed E-state index contributed by atoms with van der Waals surface area (Å²) >= 11 is 1.35. The second-order valence-electron chi connectivity index (χ2n) is 6.67. The number of amides is 2. The zero-order chi connectivity index (χ0) is 22.2. The van der Waals surface area contributed by atoms with Gasteiger partial charge in [-0.2, -0.15) is 0 Å². The van der Waals surface area contributed by atoms with Gasteiger partial charge in [-0.05, 0) is 55.0 Å². The largest absolute Gasteiger partial charge is 0.465 e. The first-order valence-corrected chi connectivity index (χ1v) is 10.5. The highest BCUT2D eigenvalue weighted by Crippen LogP contribution is 2.22. The Bertz CT molecular complexity index is 1100. The van der Waals surface area contributed by atoms with E-state index in [9.17, 15) is 14.4 Å². The van der Waals surface area contributed by atoms with E-state index in [1.807, 2.05) is 37.3 Å². The molecule has 3 rings (SSSR count). The Morgan fingerprint density at radius 3 is 2.16 bits per heavy atom. The third-order valence-corrected chi connectivity index (χ3v) is 5.49. The molecule has 0 saturated carbocycles. The number of para-hydroxylation sites is 1. The van der Waals surface area contributed by atoms with E-state index in [1.54, 1.807) is 42.5 Å². The molecule has 158 valence electrons. The van der Waals surface area contributed by atoms with E-state index >= 15 is 0 Å². The van der Waals surface area contributed by atoms with Gasteiger partial charge in [-0.25, -0.2) is 4.79 Å². The summed E-state index contributed by atoms with van der Waals surface area (Å²) in [7, 11) is 1.30. The minimum atomic E-state index is -0.508. The predicted molar refractivity (Wildman–Crippen MR) is 123 cm³/mol. The van der Waals surface area contributed by atoms with Crippen LogP contribution in [0.4, 0.5) is 11.4 Å². The van der Waals surface area contributed by atoms with Crippen LogP contribution in [0, 0.1) is 6.92 Å². The fraction of sp³-hybridized carbons (Fsp3) is 0.125. The summed E-state index contributed by atoms with van der Waals surface area (Å²) in [6.07, 6.45) is 0. The molecule has 7 heteroatoms. The monoisotopic (exact) mass is 434 g/mol. The molecule has 2 N–H and O–H groups in total. The van der Waals surface area contributed by atoms with Crippen LogP contribution in [0.3, 0.4) is 0 Å². The Hall–Kier alpha value is -3.58. The van der Waals surface area contributed by atoms with Crippen molar-refractivity contribution in [1.82, 2.24) is 0 Å². The van der Waals surface area contributed by atoms with Crippen LogP contribution in [0.5, 0.6) is 0 Å². The van der Waals surface area contributed by atoms with Gasteiger partial charge in [-0.1, -0.05) is 30.3 Å². The van der Waals surface area contributed by atoms with Gasteiger partial charge in [0, 0.05) is 16.1 Å². The lowest BCUT2D eigenvalue weighted by Gasteiger charge is -2.10. The van der Waals surface area contributed by atoms with Gasteiger partial charge in [0.1, 0.15) is 0 Å². The second kappa shape index (κ2) is 10.4. The third-order valence-electron chi connectivity index (χ3n) is 4.48. The molecule has 3 aromatic rings. The number of hydrogen-bond donors (Lipinski definition) is 2. The van der Waals surface area contributed by atoms with Crippen molar-refractivity contribution in [1.29, 1.82) is 0 Å². The Morgan fingerprint density at radius 2 is 1.48 bits per heavy atom. The topological polar surface area (TPSA) is 84.5 Å². The number of esters is 1. The zero-order valence-electron chi connectivity index (χ0n) is 17.2. The molecule has 0 radical (unpaired) electrons. The predicted octanol–water partition coefficient (Wildman–Crippen LogP) is 4.76. The first kappa shape index (κ1) is 22.1.